The molecule has 0 unspecified atom stereocenters. The lowest BCUT2D eigenvalue weighted by Crippen LogP contribution is -2.29. The number of carbonyl (C=O) groups excluding carboxylic acids is 1. The molecule has 0 amide bonds. The monoisotopic (exact) mass is 312 g/mol. The first-order valence-electron chi connectivity index (χ1n) is 6.90. The van der Waals surface area contributed by atoms with Crippen molar-refractivity contribution in [3.05, 3.63) is 29.6 Å². The molecular formula is C15H21FN2O2S. The zero-order chi connectivity index (χ0) is 15.7. The molecule has 0 saturated heterocycles. The topological polar surface area (TPSA) is 50.4 Å². The van der Waals surface area contributed by atoms with Crippen molar-refractivity contribution in [3.8, 4) is 0 Å². The number of unbranched alkanes of at least 4 members (excludes halogenated alkanes) is 2. The van der Waals surface area contributed by atoms with Crippen molar-refractivity contribution in [2.75, 3.05) is 19.0 Å². The number of anilines is 1. The van der Waals surface area contributed by atoms with Gasteiger partial charge in [0.25, 0.3) is 0 Å². The van der Waals surface area contributed by atoms with Crippen LogP contribution in [0.4, 0.5) is 10.1 Å². The van der Waals surface area contributed by atoms with Crippen LogP contribution in [0.2, 0.25) is 0 Å². The molecule has 0 atom stereocenters. The number of hydrogen-bond donors (Lipinski definition) is 2. The smallest absolute Gasteiger partial charge is 0.305 e. The van der Waals surface area contributed by atoms with Gasteiger partial charge in [-0.05, 0) is 49.7 Å². The molecule has 0 bridgehead atoms. The van der Waals surface area contributed by atoms with Gasteiger partial charge < -0.3 is 15.4 Å². The van der Waals surface area contributed by atoms with E-state index in [0.717, 1.165) is 24.8 Å². The number of carbonyl (C=O) groups is 1. The lowest BCUT2D eigenvalue weighted by atomic mass is 10.2. The molecule has 0 aromatic heterocycles. The quantitative estimate of drug-likeness (QED) is 0.460. The van der Waals surface area contributed by atoms with Crippen LogP contribution < -0.4 is 10.6 Å². The molecule has 1 aromatic rings. The standard InChI is InChI=1S/C15H21FN2O2S/c1-11-7-8-13(12(16)10-11)18-15(21)17-9-5-3-4-6-14(19)20-2/h7-8,10H,3-6,9H2,1-2H3,(H2,17,18,21). The van der Waals surface area contributed by atoms with Crippen LogP contribution in [0.15, 0.2) is 18.2 Å². The zero-order valence-electron chi connectivity index (χ0n) is 12.4. The first-order chi connectivity index (χ1) is 10.0. The summed E-state index contributed by atoms with van der Waals surface area (Å²) in [5, 5.41) is 6.23. The maximum Gasteiger partial charge on any atom is 0.305 e. The molecule has 4 nitrogen and oxygen atoms in total. The number of methoxy groups -OCH3 is 1. The molecule has 1 aromatic carbocycles. The minimum atomic E-state index is -0.322. The Balaban J connectivity index is 2.18. The number of thiocarbonyl (C=S) groups is 1. The third kappa shape index (κ3) is 7.04. The number of nitrogens with one attached hydrogen (secondary N) is 2. The van der Waals surface area contributed by atoms with Gasteiger partial charge >= 0.3 is 5.97 Å². The molecule has 0 aliphatic carbocycles. The van der Waals surface area contributed by atoms with E-state index in [1.54, 1.807) is 6.07 Å². The number of hydrogen-bond acceptors (Lipinski definition) is 3. The van der Waals surface area contributed by atoms with Gasteiger partial charge in [0.1, 0.15) is 5.82 Å². The van der Waals surface area contributed by atoms with E-state index in [1.807, 2.05) is 13.0 Å². The highest BCUT2D eigenvalue weighted by molar-refractivity contribution is 7.80. The Morgan fingerprint density at radius 2 is 2.10 bits per heavy atom. The summed E-state index contributed by atoms with van der Waals surface area (Å²) in [5.41, 5.74) is 1.23. The molecule has 0 radical (unpaired) electrons. The number of benzene rings is 1. The van der Waals surface area contributed by atoms with Crippen molar-refractivity contribution in [2.24, 2.45) is 0 Å². The Morgan fingerprint density at radius 1 is 1.33 bits per heavy atom. The molecule has 0 heterocycles. The Hall–Kier alpha value is -1.69. The highest BCUT2D eigenvalue weighted by Crippen LogP contribution is 2.14. The number of esters is 1. The summed E-state index contributed by atoms with van der Waals surface area (Å²) in [6.45, 7) is 2.51. The summed E-state index contributed by atoms with van der Waals surface area (Å²) in [5.74, 6) is -0.507. The summed E-state index contributed by atoms with van der Waals surface area (Å²) in [6, 6.07) is 4.94. The first-order valence-corrected chi connectivity index (χ1v) is 7.31. The van der Waals surface area contributed by atoms with Crippen LogP contribution in [-0.2, 0) is 9.53 Å². The third-order valence-electron chi connectivity index (χ3n) is 2.94. The van der Waals surface area contributed by atoms with E-state index in [4.69, 9.17) is 12.2 Å². The second-order valence-corrected chi connectivity index (χ2v) is 5.16. The fourth-order valence-corrected chi connectivity index (χ4v) is 1.98. The fraction of sp³-hybridized carbons (Fsp3) is 0.467. The molecule has 116 valence electrons. The van der Waals surface area contributed by atoms with Crippen LogP contribution in [0, 0.1) is 12.7 Å². The predicted octanol–water partition coefficient (Wildman–Crippen LogP) is 3.15. The van der Waals surface area contributed by atoms with Crippen LogP contribution in [0.3, 0.4) is 0 Å². The van der Waals surface area contributed by atoms with Crippen LogP contribution >= 0.6 is 12.2 Å². The largest absolute Gasteiger partial charge is 0.469 e. The number of rotatable bonds is 7. The van der Waals surface area contributed by atoms with Gasteiger partial charge in [0.15, 0.2) is 5.11 Å². The van der Waals surface area contributed by atoms with Crippen molar-refractivity contribution in [3.63, 3.8) is 0 Å². The van der Waals surface area contributed by atoms with Crippen molar-refractivity contribution < 1.29 is 13.9 Å². The second kappa shape index (κ2) is 9.28. The van der Waals surface area contributed by atoms with E-state index < -0.39 is 0 Å². The lowest BCUT2D eigenvalue weighted by Gasteiger charge is -2.11. The molecule has 0 saturated carbocycles. The second-order valence-electron chi connectivity index (χ2n) is 4.75. The van der Waals surface area contributed by atoms with Gasteiger partial charge in [-0.1, -0.05) is 12.5 Å². The molecular weight excluding hydrogens is 291 g/mol. The van der Waals surface area contributed by atoms with Crippen LogP contribution in [0.1, 0.15) is 31.2 Å². The highest BCUT2D eigenvalue weighted by atomic mass is 32.1. The third-order valence-corrected chi connectivity index (χ3v) is 3.19. The van der Waals surface area contributed by atoms with E-state index in [0.29, 0.717) is 23.8 Å². The molecule has 0 fully saturated rings. The normalized spacial score (nSPS) is 10.0. The first kappa shape index (κ1) is 17.4. The highest BCUT2D eigenvalue weighted by Gasteiger charge is 2.04. The summed E-state index contributed by atoms with van der Waals surface area (Å²) in [7, 11) is 1.39. The van der Waals surface area contributed by atoms with Crippen LogP contribution in [-0.4, -0.2) is 24.7 Å². The lowest BCUT2D eigenvalue weighted by molar-refractivity contribution is -0.140. The summed E-state index contributed by atoms with van der Waals surface area (Å²) in [6.07, 6.45) is 3.02. The molecule has 0 spiro atoms. The summed E-state index contributed by atoms with van der Waals surface area (Å²) < 4.78 is 18.2. The van der Waals surface area contributed by atoms with Gasteiger partial charge in [-0.25, -0.2) is 4.39 Å². The molecule has 2 N–H and O–H groups in total. The maximum absolute atomic E-state index is 13.6. The van der Waals surface area contributed by atoms with E-state index in [-0.39, 0.29) is 11.8 Å². The molecule has 1 rings (SSSR count). The average molecular weight is 312 g/mol. The van der Waals surface area contributed by atoms with Gasteiger partial charge in [-0.15, -0.1) is 0 Å². The van der Waals surface area contributed by atoms with Gasteiger partial charge in [0.2, 0.25) is 0 Å². The van der Waals surface area contributed by atoms with Gasteiger partial charge in [0.05, 0.1) is 12.8 Å². The Morgan fingerprint density at radius 3 is 2.76 bits per heavy atom. The van der Waals surface area contributed by atoms with Crippen molar-refractivity contribution >= 4 is 29.0 Å². The molecule has 0 aliphatic heterocycles. The average Bonchev–Trinajstić information content (AvgIpc) is 2.45. The van der Waals surface area contributed by atoms with E-state index in [2.05, 4.69) is 15.4 Å². The minimum Gasteiger partial charge on any atom is -0.469 e. The SMILES string of the molecule is COC(=O)CCCCCNC(=S)Nc1ccc(C)cc1F. The Kier molecular flexibility index (Phi) is 7.68. The van der Waals surface area contributed by atoms with Gasteiger partial charge in [-0.3, -0.25) is 4.79 Å². The fourth-order valence-electron chi connectivity index (χ4n) is 1.76. The molecule has 21 heavy (non-hydrogen) atoms. The number of halogens is 1. The van der Waals surface area contributed by atoms with E-state index in [1.165, 1.54) is 13.2 Å². The number of aryl methyl sites for hydroxylation is 1. The minimum absolute atomic E-state index is 0.185. The summed E-state index contributed by atoms with van der Waals surface area (Å²) in [4.78, 5) is 10.9. The predicted molar refractivity (Wildman–Crippen MR) is 85.8 cm³/mol. The van der Waals surface area contributed by atoms with Gasteiger partial charge in [0, 0.05) is 13.0 Å². The zero-order valence-corrected chi connectivity index (χ0v) is 13.2. The molecule has 0 aliphatic rings. The van der Waals surface area contributed by atoms with Crippen molar-refractivity contribution in [2.45, 2.75) is 32.6 Å². The maximum atomic E-state index is 13.6. The van der Waals surface area contributed by atoms with E-state index in [9.17, 15) is 9.18 Å². The van der Waals surface area contributed by atoms with Crippen LogP contribution in [0.5, 0.6) is 0 Å². The molecule has 6 heteroatoms. The van der Waals surface area contributed by atoms with Gasteiger partial charge in [-0.2, -0.15) is 0 Å². The number of ether oxygens (including phenoxy) is 1. The van der Waals surface area contributed by atoms with Crippen molar-refractivity contribution in [1.82, 2.24) is 5.32 Å². The van der Waals surface area contributed by atoms with E-state index >= 15 is 0 Å². The summed E-state index contributed by atoms with van der Waals surface area (Å²) >= 11 is 5.10. The van der Waals surface area contributed by atoms with Crippen molar-refractivity contribution in [1.29, 1.82) is 0 Å². The van der Waals surface area contributed by atoms with Crippen LogP contribution in [0.25, 0.3) is 0 Å². The Labute approximate surface area is 130 Å². The Bertz CT molecular complexity index is 495.